The molecule has 5 heteroatoms. The van der Waals surface area contributed by atoms with Crippen LogP contribution in [0.15, 0.2) is 0 Å². The number of rotatable bonds is 3. The summed E-state index contributed by atoms with van der Waals surface area (Å²) in [7, 11) is 0. The van der Waals surface area contributed by atoms with Crippen LogP contribution in [0.5, 0.6) is 0 Å². The first-order valence-electron chi connectivity index (χ1n) is 5.43. The highest BCUT2D eigenvalue weighted by Gasteiger charge is 2.20. The SMILES string of the molecule is NCCCC(=O)OC(=O)N1CCCCC1. The first-order valence-corrected chi connectivity index (χ1v) is 5.43. The molecule has 86 valence electrons. The quantitative estimate of drug-likeness (QED) is 0.559. The Morgan fingerprint density at radius 1 is 1.20 bits per heavy atom. The fourth-order valence-corrected chi connectivity index (χ4v) is 1.54. The Balaban J connectivity index is 2.24. The van der Waals surface area contributed by atoms with Crippen molar-refractivity contribution in [2.24, 2.45) is 5.73 Å². The van der Waals surface area contributed by atoms with Crippen molar-refractivity contribution in [3.63, 3.8) is 0 Å². The van der Waals surface area contributed by atoms with Gasteiger partial charge in [-0.15, -0.1) is 0 Å². The Morgan fingerprint density at radius 3 is 2.47 bits per heavy atom. The second-order valence-corrected chi connectivity index (χ2v) is 3.68. The molecule has 15 heavy (non-hydrogen) atoms. The van der Waals surface area contributed by atoms with E-state index in [0.717, 1.165) is 19.3 Å². The Hall–Kier alpha value is -1.10. The first-order chi connectivity index (χ1) is 7.24. The lowest BCUT2D eigenvalue weighted by atomic mass is 10.1. The fraction of sp³-hybridized carbons (Fsp3) is 0.800. The summed E-state index contributed by atoms with van der Waals surface area (Å²) in [5.74, 6) is -0.476. The van der Waals surface area contributed by atoms with Gasteiger partial charge in [0, 0.05) is 19.5 Å². The van der Waals surface area contributed by atoms with Crippen LogP contribution in [0.3, 0.4) is 0 Å². The van der Waals surface area contributed by atoms with Gasteiger partial charge in [-0.2, -0.15) is 0 Å². The maximum Gasteiger partial charge on any atom is 0.417 e. The molecule has 0 spiro atoms. The first kappa shape index (κ1) is 12.0. The molecule has 1 heterocycles. The molecule has 0 unspecified atom stereocenters. The van der Waals surface area contributed by atoms with E-state index < -0.39 is 12.1 Å². The van der Waals surface area contributed by atoms with Crippen LogP contribution >= 0.6 is 0 Å². The summed E-state index contributed by atoms with van der Waals surface area (Å²) in [5, 5.41) is 0. The van der Waals surface area contributed by atoms with Gasteiger partial charge in [-0.3, -0.25) is 4.79 Å². The number of piperidine rings is 1. The van der Waals surface area contributed by atoms with Crippen molar-refractivity contribution in [1.82, 2.24) is 4.90 Å². The average Bonchev–Trinajstić information content (AvgIpc) is 2.27. The van der Waals surface area contributed by atoms with E-state index in [4.69, 9.17) is 5.73 Å². The molecule has 1 fully saturated rings. The van der Waals surface area contributed by atoms with E-state index in [2.05, 4.69) is 4.74 Å². The largest absolute Gasteiger partial charge is 0.417 e. The normalized spacial score (nSPS) is 16.2. The number of likely N-dealkylation sites (tertiary alicyclic amines) is 1. The van der Waals surface area contributed by atoms with Crippen LogP contribution in [0.25, 0.3) is 0 Å². The van der Waals surface area contributed by atoms with Gasteiger partial charge in [0.1, 0.15) is 0 Å². The van der Waals surface area contributed by atoms with E-state index in [0.29, 0.717) is 26.1 Å². The van der Waals surface area contributed by atoms with E-state index in [-0.39, 0.29) is 6.42 Å². The molecule has 0 saturated carbocycles. The van der Waals surface area contributed by atoms with Gasteiger partial charge in [-0.25, -0.2) is 4.79 Å². The van der Waals surface area contributed by atoms with E-state index in [1.165, 1.54) is 0 Å². The molecule has 2 N–H and O–H groups in total. The number of hydrogen-bond acceptors (Lipinski definition) is 4. The molecule has 0 aromatic carbocycles. The summed E-state index contributed by atoms with van der Waals surface area (Å²) in [6, 6.07) is 0. The number of hydrogen-bond donors (Lipinski definition) is 1. The zero-order valence-corrected chi connectivity index (χ0v) is 8.91. The standard InChI is InChI=1S/C10H18N2O3/c11-6-4-5-9(13)15-10(14)12-7-2-1-3-8-12/h1-8,11H2. The molecule has 1 saturated heterocycles. The summed E-state index contributed by atoms with van der Waals surface area (Å²) in [6.07, 6.45) is 3.40. The molecule has 1 aliphatic rings. The predicted octanol–water partition coefficient (Wildman–Crippen LogP) is 0.874. The molecule has 1 aliphatic heterocycles. The summed E-state index contributed by atoms with van der Waals surface area (Å²) in [5.41, 5.74) is 5.25. The van der Waals surface area contributed by atoms with E-state index in [9.17, 15) is 9.59 Å². The summed E-state index contributed by atoms with van der Waals surface area (Å²) in [4.78, 5) is 24.1. The van der Waals surface area contributed by atoms with E-state index in [1.807, 2.05) is 0 Å². The molecule has 0 aliphatic carbocycles. The zero-order valence-electron chi connectivity index (χ0n) is 8.91. The highest BCUT2D eigenvalue weighted by molar-refractivity contribution is 5.84. The molecule has 0 radical (unpaired) electrons. The number of nitrogens with zero attached hydrogens (tertiary/aromatic N) is 1. The van der Waals surface area contributed by atoms with Gasteiger partial charge >= 0.3 is 12.1 Å². The predicted molar refractivity (Wildman–Crippen MR) is 55.2 cm³/mol. The molecular weight excluding hydrogens is 196 g/mol. The maximum absolute atomic E-state index is 11.4. The minimum Gasteiger partial charge on any atom is -0.376 e. The molecule has 0 atom stereocenters. The molecular formula is C10H18N2O3. The van der Waals surface area contributed by atoms with Crippen LogP contribution in [0.2, 0.25) is 0 Å². The van der Waals surface area contributed by atoms with Gasteiger partial charge in [0.2, 0.25) is 0 Å². The van der Waals surface area contributed by atoms with Crippen LogP contribution in [0, 0.1) is 0 Å². The summed E-state index contributed by atoms with van der Waals surface area (Å²) in [6.45, 7) is 1.83. The summed E-state index contributed by atoms with van der Waals surface area (Å²) < 4.78 is 4.68. The lowest BCUT2D eigenvalue weighted by molar-refractivity contribution is -0.138. The van der Waals surface area contributed by atoms with Gasteiger partial charge in [0.25, 0.3) is 0 Å². The third-order valence-corrected chi connectivity index (χ3v) is 2.40. The van der Waals surface area contributed by atoms with Gasteiger partial charge in [0.15, 0.2) is 0 Å². The smallest absolute Gasteiger partial charge is 0.376 e. The Bertz CT molecular complexity index is 225. The zero-order chi connectivity index (χ0) is 11.1. The van der Waals surface area contributed by atoms with Crippen molar-refractivity contribution in [1.29, 1.82) is 0 Å². The average molecular weight is 214 g/mol. The third kappa shape index (κ3) is 4.29. The highest BCUT2D eigenvalue weighted by Crippen LogP contribution is 2.10. The number of esters is 1. The number of nitrogens with two attached hydrogens (primary N) is 1. The Kier molecular flexibility index (Phi) is 5.10. The van der Waals surface area contributed by atoms with Crippen LogP contribution in [0.4, 0.5) is 4.79 Å². The minimum absolute atomic E-state index is 0.218. The molecule has 1 amide bonds. The molecule has 0 bridgehead atoms. The van der Waals surface area contributed by atoms with Gasteiger partial charge in [-0.1, -0.05) is 0 Å². The lowest BCUT2D eigenvalue weighted by Gasteiger charge is -2.25. The molecule has 0 aromatic heterocycles. The van der Waals surface area contributed by atoms with Crippen molar-refractivity contribution < 1.29 is 14.3 Å². The number of amides is 1. The molecule has 1 rings (SSSR count). The topological polar surface area (TPSA) is 72.6 Å². The van der Waals surface area contributed by atoms with Crippen LogP contribution in [-0.4, -0.2) is 36.6 Å². The van der Waals surface area contributed by atoms with Crippen molar-refractivity contribution in [2.45, 2.75) is 32.1 Å². The minimum atomic E-state index is -0.503. The molecule has 0 aromatic rings. The third-order valence-electron chi connectivity index (χ3n) is 2.40. The van der Waals surface area contributed by atoms with Crippen LogP contribution in [-0.2, 0) is 9.53 Å². The van der Waals surface area contributed by atoms with Crippen LogP contribution < -0.4 is 5.73 Å². The second kappa shape index (κ2) is 6.40. The fourth-order valence-electron chi connectivity index (χ4n) is 1.54. The van der Waals surface area contributed by atoms with Gasteiger partial charge in [0.05, 0.1) is 0 Å². The maximum atomic E-state index is 11.4. The van der Waals surface area contributed by atoms with Gasteiger partial charge < -0.3 is 15.4 Å². The number of carbonyl (C=O) groups excluding carboxylic acids is 2. The van der Waals surface area contributed by atoms with Gasteiger partial charge in [-0.05, 0) is 32.2 Å². The Labute approximate surface area is 89.6 Å². The van der Waals surface area contributed by atoms with Crippen molar-refractivity contribution in [2.75, 3.05) is 19.6 Å². The van der Waals surface area contributed by atoms with E-state index in [1.54, 1.807) is 4.90 Å². The second-order valence-electron chi connectivity index (χ2n) is 3.68. The van der Waals surface area contributed by atoms with Crippen molar-refractivity contribution >= 4 is 12.1 Å². The summed E-state index contributed by atoms with van der Waals surface area (Å²) >= 11 is 0. The molecule has 5 nitrogen and oxygen atoms in total. The lowest BCUT2D eigenvalue weighted by Crippen LogP contribution is -2.37. The monoisotopic (exact) mass is 214 g/mol. The van der Waals surface area contributed by atoms with Crippen molar-refractivity contribution in [3.05, 3.63) is 0 Å². The Morgan fingerprint density at radius 2 is 1.87 bits per heavy atom. The van der Waals surface area contributed by atoms with E-state index >= 15 is 0 Å². The van der Waals surface area contributed by atoms with Crippen molar-refractivity contribution in [3.8, 4) is 0 Å². The number of ether oxygens (including phenoxy) is 1. The number of carbonyl (C=O) groups is 2. The van der Waals surface area contributed by atoms with Crippen LogP contribution in [0.1, 0.15) is 32.1 Å². The highest BCUT2D eigenvalue weighted by atomic mass is 16.6.